The Hall–Kier alpha value is -0.570. The maximum Gasteiger partial charge on any atom is 0.0406 e. The minimum Gasteiger partial charge on any atom is -0.315 e. The van der Waals surface area contributed by atoms with Crippen LogP contribution in [0.3, 0.4) is 0 Å². The highest BCUT2D eigenvalue weighted by Gasteiger charge is 2.12. The van der Waals surface area contributed by atoms with Gasteiger partial charge in [-0.1, -0.05) is 44.0 Å². The molecule has 0 heterocycles. The fourth-order valence-corrected chi connectivity index (χ4v) is 2.58. The molecule has 2 nitrogen and oxygen atoms in total. The predicted octanol–water partition coefficient (Wildman–Crippen LogP) is 4.40. The molecule has 0 aliphatic carbocycles. The first kappa shape index (κ1) is 18.5. The normalized spacial score (nSPS) is 13.1. The predicted molar refractivity (Wildman–Crippen MR) is 94.3 cm³/mol. The zero-order valence-electron chi connectivity index (χ0n) is 14.0. The van der Waals surface area contributed by atoms with Crippen molar-refractivity contribution >= 4 is 11.6 Å². The lowest BCUT2D eigenvalue weighted by atomic mass is 9.89. The fourth-order valence-electron chi connectivity index (χ4n) is 2.45. The van der Waals surface area contributed by atoms with Crippen molar-refractivity contribution in [2.24, 2.45) is 5.92 Å². The number of hydrogen-bond acceptors (Lipinski definition) is 2. The van der Waals surface area contributed by atoms with Gasteiger partial charge in [0.05, 0.1) is 0 Å². The van der Waals surface area contributed by atoms with Crippen molar-refractivity contribution in [2.45, 2.75) is 39.0 Å². The van der Waals surface area contributed by atoms with Crippen molar-refractivity contribution in [1.29, 1.82) is 0 Å². The summed E-state index contributed by atoms with van der Waals surface area (Å²) in [4.78, 5) is 2.21. The standard InChI is InChI=1S/C18H31ClN2/c1-15(2)5-6-17(11-12-20-13-14-21(3)4)16-7-9-18(19)10-8-16/h7-10,15,17,20H,5-6,11-14H2,1-4H3/t17-/m1/s1. The third-order valence-corrected chi connectivity index (χ3v) is 4.09. The lowest BCUT2D eigenvalue weighted by molar-refractivity contribution is 0.394. The van der Waals surface area contributed by atoms with Gasteiger partial charge < -0.3 is 10.2 Å². The van der Waals surface area contributed by atoms with E-state index in [9.17, 15) is 0 Å². The van der Waals surface area contributed by atoms with Gasteiger partial charge in [0.25, 0.3) is 0 Å². The molecule has 0 saturated heterocycles. The molecular weight excluding hydrogens is 280 g/mol. The highest BCUT2D eigenvalue weighted by molar-refractivity contribution is 6.30. The Morgan fingerprint density at radius 3 is 2.24 bits per heavy atom. The number of hydrogen-bond donors (Lipinski definition) is 1. The summed E-state index contributed by atoms with van der Waals surface area (Å²) in [5.74, 6) is 1.40. The van der Waals surface area contributed by atoms with Crippen LogP contribution in [0.15, 0.2) is 24.3 Å². The van der Waals surface area contributed by atoms with Crippen molar-refractivity contribution < 1.29 is 0 Å². The van der Waals surface area contributed by atoms with Crippen LogP contribution < -0.4 is 5.32 Å². The Kier molecular flexibility index (Phi) is 8.98. The number of likely N-dealkylation sites (N-methyl/N-ethyl adjacent to an activating group) is 1. The molecule has 120 valence electrons. The first-order valence-corrected chi connectivity index (χ1v) is 8.47. The molecule has 0 aromatic heterocycles. The molecule has 1 aromatic rings. The molecule has 0 unspecified atom stereocenters. The number of rotatable bonds is 10. The van der Waals surface area contributed by atoms with E-state index in [2.05, 4.69) is 50.3 Å². The van der Waals surface area contributed by atoms with Crippen LogP contribution in [0.1, 0.15) is 44.6 Å². The van der Waals surface area contributed by atoms with Gasteiger partial charge in [0, 0.05) is 18.1 Å². The minimum atomic E-state index is 0.636. The molecule has 21 heavy (non-hydrogen) atoms. The maximum atomic E-state index is 6.00. The van der Waals surface area contributed by atoms with Crippen LogP contribution >= 0.6 is 11.6 Å². The number of nitrogens with zero attached hydrogens (tertiary/aromatic N) is 1. The Balaban J connectivity index is 2.46. The summed E-state index contributed by atoms with van der Waals surface area (Å²) >= 11 is 6.00. The van der Waals surface area contributed by atoms with Gasteiger partial charge in [-0.2, -0.15) is 0 Å². The lowest BCUT2D eigenvalue weighted by Gasteiger charge is -2.19. The molecular formula is C18H31ClN2. The molecule has 0 aliphatic heterocycles. The summed E-state index contributed by atoms with van der Waals surface area (Å²) in [6.07, 6.45) is 3.74. The summed E-state index contributed by atoms with van der Waals surface area (Å²) < 4.78 is 0. The summed E-state index contributed by atoms with van der Waals surface area (Å²) in [7, 11) is 4.22. The summed E-state index contributed by atoms with van der Waals surface area (Å²) in [5.41, 5.74) is 1.43. The highest BCUT2D eigenvalue weighted by Crippen LogP contribution is 2.27. The lowest BCUT2D eigenvalue weighted by Crippen LogP contribution is -2.27. The Labute approximate surface area is 135 Å². The monoisotopic (exact) mass is 310 g/mol. The van der Waals surface area contributed by atoms with Crippen LogP contribution in [0.2, 0.25) is 5.02 Å². The van der Waals surface area contributed by atoms with Crippen LogP contribution in [-0.2, 0) is 0 Å². The second-order valence-corrected chi connectivity index (χ2v) is 7.00. The van der Waals surface area contributed by atoms with Crippen LogP contribution in [-0.4, -0.2) is 38.6 Å². The number of halogens is 1. The van der Waals surface area contributed by atoms with E-state index >= 15 is 0 Å². The van der Waals surface area contributed by atoms with Crippen LogP contribution in [0.5, 0.6) is 0 Å². The molecule has 1 rings (SSSR count). The first-order valence-electron chi connectivity index (χ1n) is 8.10. The van der Waals surface area contributed by atoms with Gasteiger partial charge >= 0.3 is 0 Å². The molecule has 0 amide bonds. The molecule has 0 aliphatic rings. The summed E-state index contributed by atoms with van der Waals surface area (Å²) in [6.45, 7) is 7.84. The minimum absolute atomic E-state index is 0.636. The Morgan fingerprint density at radius 2 is 1.67 bits per heavy atom. The zero-order valence-corrected chi connectivity index (χ0v) is 14.8. The van der Waals surface area contributed by atoms with Crippen molar-refractivity contribution in [1.82, 2.24) is 10.2 Å². The first-order chi connectivity index (χ1) is 9.99. The number of nitrogens with one attached hydrogen (secondary N) is 1. The molecule has 0 spiro atoms. The van der Waals surface area contributed by atoms with Crippen molar-refractivity contribution in [3.05, 3.63) is 34.9 Å². The molecule has 3 heteroatoms. The quantitative estimate of drug-likeness (QED) is 0.644. The molecule has 0 bridgehead atoms. The van der Waals surface area contributed by atoms with E-state index in [0.717, 1.165) is 30.6 Å². The van der Waals surface area contributed by atoms with E-state index in [4.69, 9.17) is 11.6 Å². The third kappa shape index (κ3) is 8.45. The maximum absolute atomic E-state index is 6.00. The van der Waals surface area contributed by atoms with E-state index < -0.39 is 0 Å². The van der Waals surface area contributed by atoms with E-state index in [1.165, 1.54) is 24.8 Å². The molecule has 0 fully saturated rings. The van der Waals surface area contributed by atoms with Crippen LogP contribution in [0.25, 0.3) is 0 Å². The van der Waals surface area contributed by atoms with Crippen molar-refractivity contribution in [2.75, 3.05) is 33.7 Å². The van der Waals surface area contributed by atoms with Gasteiger partial charge in [-0.25, -0.2) is 0 Å². The fraction of sp³-hybridized carbons (Fsp3) is 0.667. The van der Waals surface area contributed by atoms with Crippen LogP contribution in [0, 0.1) is 5.92 Å². The van der Waals surface area contributed by atoms with Crippen molar-refractivity contribution in [3.8, 4) is 0 Å². The molecule has 0 saturated carbocycles. The van der Waals surface area contributed by atoms with E-state index in [-0.39, 0.29) is 0 Å². The smallest absolute Gasteiger partial charge is 0.0406 e. The largest absolute Gasteiger partial charge is 0.315 e. The zero-order chi connectivity index (χ0) is 15.7. The molecule has 1 aromatic carbocycles. The topological polar surface area (TPSA) is 15.3 Å². The third-order valence-electron chi connectivity index (χ3n) is 3.84. The molecule has 0 radical (unpaired) electrons. The van der Waals surface area contributed by atoms with Gasteiger partial charge in [-0.15, -0.1) is 0 Å². The SMILES string of the molecule is CC(C)CC[C@H](CCNCCN(C)C)c1ccc(Cl)cc1. The van der Waals surface area contributed by atoms with Crippen LogP contribution in [0.4, 0.5) is 0 Å². The van der Waals surface area contributed by atoms with Gasteiger partial charge in [0.15, 0.2) is 0 Å². The van der Waals surface area contributed by atoms with E-state index in [0.29, 0.717) is 5.92 Å². The Morgan fingerprint density at radius 1 is 1.00 bits per heavy atom. The second-order valence-electron chi connectivity index (χ2n) is 6.56. The summed E-state index contributed by atoms with van der Waals surface area (Å²) in [6, 6.07) is 8.40. The van der Waals surface area contributed by atoms with E-state index in [1.807, 2.05) is 12.1 Å². The average molecular weight is 311 g/mol. The number of benzene rings is 1. The summed E-state index contributed by atoms with van der Waals surface area (Å²) in [5, 5.41) is 4.37. The van der Waals surface area contributed by atoms with Gasteiger partial charge in [-0.3, -0.25) is 0 Å². The van der Waals surface area contributed by atoms with E-state index in [1.54, 1.807) is 0 Å². The Bertz CT molecular complexity index is 373. The highest BCUT2D eigenvalue weighted by atomic mass is 35.5. The van der Waals surface area contributed by atoms with Gasteiger partial charge in [0.1, 0.15) is 0 Å². The van der Waals surface area contributed by atoms with Crippen molar-refractivity contribution in [3.63, 3.8) is 0 Å². The molecule has 1 N–H and O–H groups in total. The van der Waals surface area contributed by atoms with Gasteiger partial charge in [0.2, 0.25) is 0 Å². The second kappa shape index (κ2) is 10.2. The van der Waals surface area contributed by atoms with Gasteiger partial charge in [-0.05, 0) is 63.0 Å². The molecule has 1 atom stereocenters. The average Bonchev–Trinajstić information content (AvgIpc) is 2.42.